The Morgan fingerprint density at radius 3 is 2.00 bits per heavy atom. The third-order valence-corrected chi connectivity index (χ3v) is 6.57. The molecule has 1 saturated heterocycles. The predicted octanol–water partition coefficient (Wildman–Crippen LogP) is 6.51. The van der Waals surface area contributed by atoms with E-state index >= 15 is 0 Å². The van der Waals surface area contributed by atoms with Crippen LogP contribution in [0.2, 0.25) is 10.0 Å². The molecule has 1 fully saturated rings. The van der Waals surface area contributed by atoms with Gasteiger partial charge in [-0.25, -0.2) is 0 Å². The summed E-state index contributed by atoms with van der Waals surface area (Å²) in [6.07, 6.45) is -3.82. The van der Waals surface area contributed by atoms with E-state index in [1.807, 2.05) is 48.5 Å². The maximum Gasteiger partial charge on any atom is 0.416 e. The van der Waals surface area contributed by atoms with E-state index in [-0.39, 0.29) is 0 Å². The minimum absolute atomic E-state index is 0.551. The number of hydrogen-bond donors (Lipinski definition) is 1. The fourth-order valence-corrected chi connectivity index (χ4v) is 4.59. The number of alkyl halides is 3. The van der Waals surface area contributed by atoms with E-state index in [1.54, 1.807) is 12.1 Å². The van der Waals surface area contributed by atoms with Gasteiger partial charge in [0.1, 0.15) is 0 Å². The normalized spacial score (nSPS) is 19.6. The molecule has 3 aromatic rings. The average Bonchev–Trinajstić information content (AvgIpc) is 3.14. The van der Waals surface area contributed by atoms with Crippen molar-refractivity contribution in [3.05, 3.63) is 105 Å². The predicted molar refractivity (Wildman–Crippen MR) is 118 cm³/mol. The Hall–Kier alpha value is -2.05. The maximum atomic E-state index is 13.1. The first-order valence-electron chi connectivity index (χ1n) is 9.90. The summed E-state index contributed by atoms with van der Waals surface area (Å²) in [6, 6.07) is 20.6. The zero-order valence-corrected chi connectivity index (χ0v) is 18.1. The Kier molecular flexibility index (Phi) is 6.31. The Morgan fingerprint density at radius 2 is 1.42 bits per heavy atom. The van der Waals surface area contributed by atoms with E-state index in [0.29, 0.717) is 36.2 Å². The van der Waals surface area contributed by atoms with Gasteiger partial charge in [0.25, 0.3) is 0 Å². The van der Waals surface area contributed by atoms with E-state index in [0.717, 1.165) is 28.8 Å². The zero-order valence-electron chi connectivity index (χ0n) is 16.6. The van der Waals surface area contributed by atoms with Crippen molar-refractivity contribution in [3.8, 4) is 0 Å². The van der Waals surface area contributed by atoms with Gasteiger partial charge in [0.2, 0.25) is 0 Å². The molecule has 0 spiro atoms. The lowest BCUT2D eigenvalue weighted by Gasteiger charge is -2.39. The quantitative estimate of drug-likeness (QED) is 0.462. The van der Waals surface area contributed by atoms with Crippen LogP contribution < -0.4 is 5.32 Å². The van der Waals surface area contributed by atoms with Gasteiger partial charge in [-0.2, -0.15) is 13.2 Å². The highest BCUT2D eigenvalue weighted by atomic mass is 35.5. The summed E-state index contributed by atoms with van der Waals surface area (Å²) in [7, 11) is 0. The Balaban J connectivity index is 1.77. The first kappa shape index (κ1) is 22.2. The van der Waals surface area contributed by atoms with E-state index in [4.69, 9.17) is 23.2 Å². The molecular formula is C24H21Cl2F3N2. The molecule has 0 aromatic heterocycles. The monoisotopic (exact) mass is 464 g/mol. The second kappa shape index (κ2) is 8.83. The Morgan fingerprint density at radius 1 is 0.839 bits per heavy atom. The van der Waals surface area contributed by atoms with Crippen LogP contribution >= 0.6 is 23.2 Å². The van der Waals surface area contributed by atoms with Crippen molar-refractivity contribution >= 4 is 23.2 Å². The molecule has 7 heteroatoms. The van der Waals surface area contributed by atoms with Gasteiger partial charge in [0, 0.05) is 29.8 Å². The largest absolute Gasteiger partial charge is 0.416 e. The van der Waals surface area contributed by atoms with Gasteiger partial charge in [-0.1, -0.05) is 71.7 Å². The van der Waals surface area contributed by atoms with Crippen LogP contribution in [-0.2, 0) is 24.7 Å². The molecule has 1 atom stereocenters. The lowest BCUT2D eigenvalue weighted by molar-refractivity contribution is -0.137. The molecule has 1 aliphatic rings. The van der Waals surface area contributed by atoms with E-state index in [1.165, 1.54) is 0 Å². The molecule has 3 aromatic carbocycles. The molecule has 31 heavy (non-hydrogen) atoms. The number of nitrogens with one attached hydrogen (secondary N) is 1. The van der Waals surface area contributed by atoms with Crippen LogP contribution in [0.3, 0.4) is 0 Å². The average molecular weight is 465 g/mol. The van der Waals surface area contributed by atoms with Crippen molar-refractivity contribution in [3.63, 3.8) is 0 Å². The summed E-state index contributed by atoms with van der Waals surface area (Å²) in [6.45, 7) is 1.71. The number of nitrogens with zero attached hydrogens (tertiary/aromatic N) is 1. The minimum Gasteiger partial charge on any atom is -0.302 e. The van der Waals surface area contributed by atoms with Crippen molar-refractivity contribution in [2.45, 2.75) is 24.7 Å². The van der Waals surface area contributed by atoms with Crippen molar-refractivity contribution in [2.24, 2.45) is 0 Å². The highest BCUT2D eigenvalue weighted by Gasteiger charge is 2.43. The van der Waals surface area contributed by atoms with Gasteiger partial charge in [0.05, 0.1) is 11.1 Å². The van der Waals surface area contributed by atoms with Crippen LogP contribution in [-0.4, -0.2) is 18.1 Å². The van der Waals surface area contributed by atoms with Gasteiger partial charge in [-0.15, -0.1) is 0 Å². The molecule has 162 valence electrons. The van der Waals surface area contributed by atoms with Gasteiger partial charge in [-0.05, 0) is 47.4 Å². The van der Waals surface area contributed by atoms with E-state index in [2.05, 4.69) is 10.2 Å². The third-order valence-electron chi connectivity index (χ3n) is 5.83. The number of hydrogen-bond acceptors (Lipinski definition) is 2. The molecule has 4 rings (SSSR count). The molecule has 0 amide bonds. The van der Waals surface area contributed by atoms with Crippen LogP contribution in [0.25, 0.3) is 0 Å². The number of rotatable bonds is 5. The second-order valence-corrected chi connectivity index (χ2v) is 8.56. The van der Waals surface area contributed by atoms with Crippen LogP contribution in [0.5, 0.6) is 0 Å². The topological polar surface area (TPSA) is 15.3 Å². The molecule has 0 radical (unpaired) electrons. The maximum absolute atomic E-state index is 13.1. The lowest BCUT2D eigenvalue weighted by Crippen LogP contribution is -2.45. The summed E-state index contributed by atoms with van der Waals surface area (Å²) in [5.41, 5.74) is 1.47. The summed E-state index contributed by atoms with van der Waals surface area (Å²) >= 11 is 12.9. The van der Waals surface area contributed by atoms with Gasteiger partial charge >= 0.3 is 6.18 Å². The first-order valence-corrected chi connectivity index (χ1v) is 10.7. The van der Waals surface area contributed by atoms with Crippen LogP contribution in [0.15, 0.2) is 72.8 Å². The molecular weight excluding hydrogens is 444 g/mol. The van der Waals surface area contributed by atoms with E-state index in [9.17, 15) is 13.2 Å². The SMILES string of the molecule is FC(F)(F)c1ccc(C2(Cc3ccccc3Cl)CNCN2Cc2ccccc2Cl)cc1. The summed E-state index contributed by atoms with van der Waals surface area (Å²) in [4.78, 5) is 2.22. The van der Waals surface area contributed by atoms with Gasteiger partial charge < -0.3 is 5.32 Å². The molecule has 2 nitrogen and oxygen atoms in total. The van der Waals surface area contributed by atoms with Crippen molar-refractivity contribution in [1.29, 1.82) is 0 Å². The Labute approximate surface area is 189 Å². The number of halogens is 5. The molecule has 0 aliphatic carbocycles. The molecule has 0 bridgehead atoms. The summed E-state index contributed by atoms with van der Waals surface area (Å²) < 4.78 is 39.4. The first-order chi connectivity index (χ1) is 14.8. The highest BCUT2D eigenvalue weighted by Crippen LogP contribution is 2.39. The smallest absolute Gasteiger partial charge is 0.302 e. The fourth-order valence-electron chi connectivity index (χ4n) is 4.19. The highest BCUT2D eigenvalue weighted by molar-refractivity contribution is 6.31. The van der Waals surface area contributed by atoms with E-state index < -0.39 is 17.3 Å². The molecule has 1 unspecified atom stereocenters. The van der Waals surface area contributed by atoms with Crippen molar-refractivity contribution in [1.82, 2.24) is 10.2 Å². The van der Waals surface area contributed by atoms with Crippen molar-refractivity contribution in [2.75, 3.05) is 13.2 Å². The third kappa shape index (κ3) is 4.60. The second-order valence-electron chi connectivity index (χ2n) is 7.75. The summed E-state index contributed by atoms with van der Waals surface area (Å²) in [5.74, 6) is 0. The zero-order chi connectivity index (χ0) is 22.1. The van der Waals surface area contributed by atoms with Gasteiger partial charge in [0.15, 0.2) is 0 Å². The number of benzene rings is 3. The molecule has 1 aliphatic heterocycles. The standard InChI is InChI=1S/C24H21Cl2F3N2/c25-21-7-3-1-5-17(21)13-23(19-9-11-20(12-10-19)24(27,28)29)15-30-16-31(23)14-18-6-2-4-8-22(18)26/h1-12,30H,13-16H2. The molecule has 1 heterocycles. The molecule has 1 N–H and O–H groups in total. The minimum atomic E-state index is -4.38. The van der Waals surface area contributed by atoms with Crippen LogP contribution in [0, 0.1) is 0 Å². The van der Waals surface area contributed by atoms with Gasteiger partial charge in [-0.3, -0.25) is 4.90 Å². The van der Waals surface area contributed by atoms with Crippen molar-refractivity contribution < 1.29 is 13.2 Å². The fraction of sp³-hybridized carbons (Fsp3) is 0.250. The molecule has 0 saturated carbocycles. The van der Waals surface area contributed by atoms with Crippen LogP contribution in [0.4, 0.5) is 13.2 Å². The Bertz CT molecular complexity index is 1050. The van der Waals surface area contributed by atoms with Crippen LogP contribution in [0.1, 0.15) is 22.3 Å². The summed E-state index contributed by atoms with van der Waals surface area (Å²) in [5, 5.41) is 4.70. The lowest BCUT2D eigenvalue weighted by atomic mass is 9.82.